The molecule has 0 bridgehead atoms. The van der Waals surface area contributed by atoms with Gasteiger partial charge in [0, 0.05) is 0 Å². The second-order valence-electron chi connectivity index (χ2n) is 3.49. The first-order valence-electron chi connectivity index (χ1n) is 5.38. The molecule has 0 unspecified atom stereocenters. The smallest absolute Gasteiger partial charge is 0.0152 e. The molecule has 0 aliphatic rings. The zero-order chi connectivity index (χ0) is 11.1. The summed E-state index contributed by atoms with van der Waals surface area (Å²) in [6, 6.07) is 15.0. The number of fused-ring (bicyclic) bond motifs is 1. The first-order valence-corrected chi connectivity index (χ1v) is 5.38. The van der Waals surface area contributed by atoms with E-state index in [1.54, 1.807) is 0 Å². The average Bonchev–Trinajstić information content (AvgIpc) is 2.29. The van der Waals surface area contributed by atoms with E-state index in [2.05, 4.69) is 54.7 Å². The van der Waals surface area contributed by atoms with Gasteiger partial charge in [-0.3, -0.25) is 0 Å². The number of hydrogen-bond donors (Lipinski definition) is 1. The minimum absolute atomic E-state index is 0. The molecule has 0 aliphatic carbocycles. The monoisotopic (exact) mass is 237 g/mol. The fourth-order valence-electron chi connectivity index (χ4n) is 1.60. The lowest BCUT2D eigenvalue weighted by molar-refractivity contribution is 1.02. The lowest BCUT2D eigenvalue weighted by atomic mass is 10.0. The van der Waals surface area contributed by atoms with Crippen LogP contribution in [0.15, 0.2) is 42.5 Å². The number of hydrogen-bond acceptors (Lipinski definition) is 1. The molecule has 0 fully saturated rings. The Bertz CT molecular complexity index is 407. The highest BCUT2D eigenvalue weighted by molar-refractivity contribution is 5.85. The maximum Gasteiger partial charge on any atom is -0.0152 e. The van der Waals surface area contributed by atoms with E-state index in [0.717, 1.165) is 6.42 Å². The van der Waals surface area contributed by atoms with Gasteiger partial charge in [0.25, 0.3) is 0 Å². The normalized spacial score (nSPS) is 8.94. The lowest BCUT2D eigenvalue weighted by Gasteiger charge is -2.02. The van der Waals surface area contributed by atoms with Gasteiger partial charge < -0.3 is 5.32 Å². The first kappa shape index (κ1) is 14.9. The van der Waals surface area contributed by atoms with E-state index in [-0.39, 0.29) is 12.4 Å². The van der Waals surface area contributed by atoms with Crippen LogP contribution in [0.3, 0.4) is 0 Å². The van der Waals surface area contributed by atoms with E-state index in [1.165, 1.54) is 16.3 Å². The molecular weight excluding hydrogens is 218 g/mol. The number of halogens is 1. The van der Waals surface area contributed by atoms with Gasteiger partial charge in [-0.05, 0) is 36.9 Å². The molecule has 2 rings (SSSR count). The Labute approximate surface area is 104 Å². The third-order valence-corrected chi connectivity index (χ3v) is 2.26. The summed E-state index contributed by atoms with van der Waals surface area (Å²) < 4.78 is 0. The maximum absolute atomic E-state index is 2.75. The fourth-order valence-corrected chi connectivity index (χ4v) is 1.60. The summed E-state index contributed by atoms with van der Waals surface area (Å²) in [6.45, 7) is 2.20. The number of aryl methyl sites for hydroxylation is 1. The van der Waals surface area contributed by atoms with Gasteiger partial charge in [0.05, 0.1) is 0 Å². The van der Waals surface area contributed by atoms with Gasteiger partial charge in [-0.2, -0.15) is 0 Å². The number of benzene rings is 2. The second kappa shape index (κ2) is 8.14. The standard InChI is InChI=1S/C12H12.C2H7N.ClH/c1-2-10-7-5-8-11-6-3-4-9-12(10)11;1-3-2;/h3-9H,2H2,1H3;3H,1-2H3;1H. The predicted molar refractivity (Wildman–Crippen MR) is 75.6 cm³/mol. The minimum Gasteiger partial charge on any atom is -0.323 e. The van der Waals surface area contributed by atoms with Crippen molar-refractivity contribution in [2.75, 3.05) is 14.1 Å². The van der Waals surface area contributed by atoms with Crippen LogP contribution in [0.25, 0.3) is 10.8 Å². The molecule has 0 amide bonds. The van der Waals surface area contributed by atoms with Crippen molar-refractivity contribution in [2.24, 2.45) is 0 Å². The lowest BCUT2D eigenvalue weighted by Crippen LogP contribution is -1.89. The van der Waals surface area contributed by atoms with Gasteiger partial charge in [0.1, 0.15) is 0 Å². The predicted octanol–water partition coefficient (Wildman–Crippen LogP) is 3.66. The Balaban J connectivity index is 0.000000511. The van der Waals surface area contributed by atoms with Crippen molar-refractivity contribution >= 4 is 23.2 Å². The Kier molecular flexibility index (Phi) is 7.61. The summed E-state index contributed by atoms with van der Waals surface area (Å²) in [5.41, 5.74) is 1.44. The summed E-state index contributed by atoms with van der Waals surface area (Å²) in [4.78, 5) is 0. The summed E-state index contributed by atoms with van der Waals surface area (Å²) >= 11 is 0. The first-order chi connectivity index (χ1) is 7.33. The Morgan fingerprint density at radius 3 is 2.12 bits per heavy atom. The quantitative estimate of drug-likeness (QED) is 0.798. The zero-order valence-corrected chi connectivity index (χ0v) is 11.0. The summed E-state index contributed by atoms with van der Waals surface area (Å²) in [5, 5.41) is 5.49. The third kappa shape index (κ3) is 3.84. The summed E-state index contributed by atoms with van der Waals surface area (Å²) in [7, 11) is 3.75. The highest BCUT2D eigenvalue weighted by Crippen LogP contribution is 2.18. The zero-order valence-electron chi connectivity index (χ0n) is 10.2. The van der Waals surface area contributed by atoms with Crippen molar-refractivity contribution in [1.82, 2.24) is 5.32 Å². The largest absolute Gasteiger partial charge is 0.323 e. The molecule has 0 atom stereocenters. The topological polar surface area (TPSA) is 12.0 Å². The SMILES string of the molecule is CCc1cccc2ccccc12.CNC.Cl. The van der Waals surface area contributed by atoms with Crippen molar-refractivity contribution < 1.29 is 0 Å². The van der Waals surface area contributed by atoms with Crippen LogP contribution < -0.4 is 5.32 Å². The van der Waals surface area contributed by atoms with Crippen molar-refractivity contribution in [3.63, 3.8) is 0 Å². The molecule has 0 saturated heterocycles. The Morgan fingerprint density at radius 2 is 1.50 bits per heavy atom. The molecule has 88 valence electrons. The van der Waals surface area contributed by atoms with E-state index >= 15 is 0 Å². The van der Waals surface area contributed by atoms with Crippen LogP contribution in [0.4, 0.5) is 0 Å². The second-order valence-corrected chi connectivity index (χ2v) is 3.49. The van der Waals surface area contributed by atoms with E-state index in [4.69, 9.17) is 0 Å². The van der Waals surface area contributed by atoms with Crippen molar-refractivity contribution in [3.05, 3.63) is 48.0 Å². The molecule has 1 nitrogen and oxygen atoms in total. The van der Waals surface area contributed by atoms with Gasteiger partial charge in [0.15, 0.2) is 0 Å². The maximum atomic E-state index is 2.75. The summed E-state index contributed by atoms with van der Waals surface area (Å²) in [6.07, 6.45) is 1.11. The molecule has 16 heavy (non-hydrogen) atoms. The molecule has 2 aromatic carbocycles. The van der Waals surface area contributed by atoms with Crippen LogP contribution in [-0.4, -0.2) is 14.1 Å². The number of rotatable bonds is 1. The van der Waals surface area contributed by atoms with E-state index < -0.39 is 0 Å². The molecule has 0 heterocycles. The molecule has 0 spiro atoms. The Morgan fingerprint density at radius 1 is 0.938 bits per heavy atom. The van der Waals surface area contributed by atoms with Crippen LogP contribution in [-0.2, 0) is 6.42 Å². The highest BCUT2D eigenvalue weighted by Gasteiger charge is 1.95. The highest BCUT2D eigenvalue weighted by atomic mass is 35.5. The molecule has 0 aromatic heterocycles. The fraction of sp³-hybridized carbons (Fsp3) is 0.286. The third-order valence-electron chi connectivity index (χ3n) is 2.26. The van der Waals surface area contributed by atoms with Gasteiger partial charge in [0.2, 0.25) is 0 Å². The van der Waals surface area contributed by atoms with E-state index in [0.29, 0.717) is 0 Å². The van der Waals surface area contributed by atoms with E-state index in [1.807, 2.05) is 14.1 Å². The molecule has 0 radical (unpaired) electrons. The average molecular weight is 238 g/mol. The molecule has 2 aromatic rings. The van der Waals surface area contributed by atoms with Crippen molar-refractivity contribution in [2.45, 2.75) is 13.3 Å². The molecule has 0 saturated carbocycles. The Hall–Kier alpha value is -1.05. The molecule has 1 N–H and O–H groups in total. The van der Waals surface area contributed by atoms with Gasteiger partial charge in [-0.25, -0.2) is 0 Å². The minimum atomic E-state index is 0. The van der Waals surface area contributed by atoms with Crippen LogP contribution in [0, 0.1) is 0 Å². The molecule has 2 heteroatoms. The van der Waals surface area contributed by atoms with Crippen LogP contribution in [0.1, 0.15) is 12.5 Å². The van der Waals surface area contributed by atoms with Crippen LogP contribution in [0.2, 0.25) is 0 Å². The molecular formula is C14H20ClN. The van der Waals surface area contributed by atoms with Crippen LogP contribution >= 0.6 is 12.4 Å². The van der Waals surface area contributed by atoms with Crippen LogP contribution in [0.5, 0.6) is 0 Å². The van der Waals surface area contributed by atoms with Gasteiger partial charge in [-0.1, -0.05) is 49.4 Å². The molecule has 0 aliphatic heterocycles. The van der Waals surface area contributed by atoms with Gasteiger partial charge in [-0.15, -0.1) is 12.4 Å². The van der Waals surface area contributed by atoms with E-state index in [9.17, 15) is 0 Å². The van der Waals surface area contributed by atoms with Crippen molar-refractivity contribution in [1.29, 1.82) is 0 Å². The number of nitrogens with one attached hydrogen (secondary N) is 1. The van der Waals surface area contributed by atoms with Crippen molar-refractivity contribution in [3.8, 4) is 0 Å². The van der Waals surface area contributed by atoms with Gasteiger partial charge >= 0.3 is 0 Å². The summed E-state index contributed by atoms with van der Waals surface area (Å²) in [5.74, 6) is 0.